The molecule has 1 atom stereocenters. The Kier molecular flexibility index (Phi) is 7.68. The molecule has 0 spiro atoms. The summed E-state index contributed by atoms with van der Waals surface area (Å²) in [4.78, 5) is 21.5. The number of hydrogen-bond acceptors (Lipinski definition) is 5. The highest BCUT2D eigenvalue weighted by Crippen LogP contribution is 2.29. The summed E-state index contributed by atoms with van der Waals surface area (Å²) in [5.74, 6) is 1.15. The van der Waals surface area contributed by atoms with E-state index < -0.39 is 6.10 Å². The van der Waals surface area contributed by atoms with Crippen molar-refractivity contribution in [2.75, 3.05) is 40.4 Å². The van der Waals surface area contributed by atoms with E-state index in [-0.39, 0.29) is 5.91 Å². The van der Waals surface area contributed by atoms with E-state index in [4.69, 9.17) is 14.3 Å². The van der Waals surface area contributed by atoms with Crippen LogP contribution in [-0.2, 0) is 16.2 Å². The van der Waals surface area contributed by atoms with Crippen molar-refractivity contribution >= 4 is 12.1 Å². The lowest BCUT2D eigenvalue weighted by Gasteiger charge is -2.33. The van der Waals surface area contributed by atoms with Crippen molar-refractivity contribution in [3.63, 3.8) is 0 Å². The number of para-hydroxylation sites is 1. The number of oxime groups is 1. The highest BCUT2D eigenvalue weighted by atomic mass is 16.6. The van der Waals surface area contributed by atoms with Crippen molar-refractivity contribution in [1.82, 2.24) is 4.90 Å². The van der Waals surface area contributed by atoms with E-state index in [9.17, 15) is 4.79 Å². The molecule has 0 bridgehead atoms. The monoisotopic (exact) mass is 412 g/mol. The number of methoxy groups -OCH3 is 2. The van der Waals surface area contributed by atoms with E-state index >= 15 is 0 Å². The number of nitrogens with zero attached hydrogens (tertiary/aromatic N) is 2. The van der Waals surface area contributed by atoms with Crippen LogP contribution in [-0.4, -0.2) is 63.5 Å². The van der Waals surface area contributed by atoms with Gasteiger partial charge >= 0.3 is 0 Å². The number of ether oxygens (including phenoxy) is 2. The number of carbonyl (C=O) groups is 1. The van der Waals surface area contributed by atoms with Crippen LogP contribution in [0.1, 0.15) is 18.1 Å². The van der Waals surface area contributed by atoms with Crippen molar-refractivity contribution in [3.8, 4) is 11.5 Å². The molecular formula is C23H30N3O4+. The smallest absolute Gasteiger partial charge is 0.266 e. The maximum atomic E-state index is 12.7. The maximum Gasteiger partial charge on any atom is 0.266 e. The second kappa shape index (κ2) is 10.6. The lowest BCUT2D eigenvalue weighted by atomic mass is 10.2. The van der Waals surface area contributed by atoms with Gasteiger partial charge in [0.1, 0.15) is 6.54 Å². The number of rotatable bonds is 8. The molecule has 7 nitrogen and oxygen atoms in total. The predicted octanol–water partition coefficient (Wildman–Crippen LogP) is 1.37. The van der Waals surface area contributed by atoms with Crippen molar-refractivity contribution in [3.05, 3.63) is 59.7 Å². The second-order valence-electron chi connectivity index (χ2n) is 7.30. The predicted molar refractivity (Wildman–Crippen MR) is 115 cm³/mol. The van der Waals surface area contributed by atoms with E-state index in [1.165, 1.54) is 16.7 Å². The summed E-state index contributed by atoms with van der Waals surface area (Å²) in [7, 11) is 3.15. The van der Waals surface area contributed by atoms with Crippen molar-refractivity contribution < 1.29 is 24.0 Å². The number of hydrogen-bond donors (Lipinski definition) is 1. The Bertz CT molecular complexity index is 849. The Morgan fingerprint density at radius 3 is 2.50 bits per heavy atom. The fourth-order valence-corrected chi connectivity index (χ4v) is 3.60. The molecule has 1 N–H and O–H groups in total. The topological polar surface area (TPSA) is 64.8 Å². The first-order valence-electron chi connectivity index (χ1n) is 10.2. The Labute approximate surface area is 177 Å². The van der Waals surface area contributed by atoms with Crippen LogP contribution in [0.15, 0.2) is 53.7 Å². The zero-order valence-electron chi connectivity index (χ0n) is 17.8. The molecule has 1 aliphatic heterocycles. The zero-order chi connectivity index (χ0) is 21.3. The first-order chi connectivity index (χ1) is 14.6. The molecule has 3 rings (SSSR count). The van der Waals surface area contributed by atoms with Crippen LogP contribution in [0.25, 0.3) is 0 Å². The minimum absolute atomic E-state index is 0.0384. The van der Waals surface area contributed by atoms with E-state index in [2.05, 4.69) is 29.4 Å². The molecule has 0 aliphatic carbocycles. The van der Waals surface area contributed by atoms with Gasteiger partial charge in [0.05, 0.1) is 46.6 Å². The van der Waals surface area contributed by atoms with Gasteiger partial charge in [-0.25, -0.2) is 0 Å². The number of quaternary nitrogens is 1. The highest BCUT2D eigenvalue weighted by molar-refractivity contribution is 5.85. The van der Waals surface area contributed by atoms with Crippen molar-refractivity contribution in [1.29, 1.82) is 0 Å². The summed E-state index contributed by atoms with van der Waals surface area (Å²) in [5, 5.41) is 4.00. The average Bonchev–Trinajstić information content (AvgIpc) is 2.79. The summed E-state index contributed by atoms with van der Waals surface area (Å²) in [6.45, 7) is 6.02. The third kappa shape index (κ3) is 5.51. The van der Waals surface area contributed by atoms with E-state index in [0.29, 0.717) is 11.5 Å². The molecule has 30 heavy (non-hydrogen) atoms. The molecule has 1 heterocycles. The largest absolute Gasteiger partial charge is 0.493 e. The first-order valence-corrected chi connectivity index (χ1v) is 10.2. The standard InChI is InChI=1S/C23H29N3O4/c1-18(30-24-16-20-10-7-11-21(28-2)22(20)29-3)23(27)26-14-12-25(13-15-26)17-19-8-5-4-6-9-19/h4-11,16,18H,12-15,17H2,1-3H3/p+1/b24-16-/t18-/m1/s1. The SMILES string of the molecule is COc1cccc(/C=N\O[C@H](C)C(=O)N2CC[NH+](Cc3ccccc3)CC2)c1OC. The minimum Gasteiger partial charge on any atom is -0.493 e. The molecule has 0 saturated carbocycles. The van der Waals surface area contributed by atoms with E-state index in [0.717, 1.165) is 38.3 Å². The summed E-state index contributed by atoms with van der Waals surface area (Å²) < 4.78 is 10.6. The van der Waals surface area contributed by atoms with Gasteiger partial charge in [-0.05, 0) is 19.1 Å². The Balaban J connectivity index is 1.49. The van der Waals surface area contributed by atoms with Gasteiger partial charge in [0.2, 0.25) is 6.10 Å². The first kappa shape index (κ1) is 21.6. The van der Waals surface area contributed by atoms with Gasteiger partial charge in [-0.15, -0.1) is 0 Å². The van der Waals surface area contributed by atoms with Crippen molar-refractivity contribution in [2.24, 2.45) is 5.16 Å². The number of piperazine rings is 1. The minimum atomic E-state index is -0.645. The molecule has 2 aromatic carbocycles. The van der Waals surface area contributed by atoms with Crippen molar-refractivity contribution in [2.45, 2.75) is 19.6 Å². The second-order valence-corrected chi connectivity index (χ2v) is 7.30. The molecule has 160 valence electrons. The van der Waals surface area contributed by atoms with Crippen LogP contribution < -0.4 is 14.4 Å². The Hall–Kier alpha value is -3.06. The number of benzene rings is 2. The van der Waals surface area contributed by atoms with Gasteiger partial charge < -0.3 is 24.1 Å². The number of nitrogens with one attached hydrogen (secondary N) is 1. The Morgan fingerprint density at radius 1 is 1.10 bits per heavy atom. The van der Waals surface area contributed by atoms with Crippen LogP contribution in [0.4, 0.5) is 0 Å². The molecule has 1 saturated heterocycles. The van der Waals surface area contributed by atoms with E-state index in [1.807, 2.05) is 29.2 Å². The summed E-state index contributed by atoms with van der Waals surface area (Å²) in [6, 6.07) is 16.0. The molecule has 1 aliphatic rings. The molecule has 0 unspecified atom stereocenters. The summed E-state index contributed by atoms with van der Waals surface area (Å²) >= 11 is 0. The van der Waals surface area contributed by atoms with Gasteiger partial charge in [0, 0.05) is 11.1 Å². The van der Waals surface area contributed by atoms with Crippen LogP contribution in [0, 0.1) is 0 Å². The molecular weight excluding hydrogens is 382 g/mol. The molecule has 1 amide bonds. The van der Waals surface area contributed by atoms with Crippen LogP contribution in [0.2, 0.25) is 0 Å². The van der Waals surface area contributed by atoms with Gasteiger partial charge in [-0.1, -0.05) is 41.6 Å². The van der Waals surface area contributed by atoms with Gasteiger partial charge in [-0.3, -0.25) is 4.79 Å². The normalized spacial score (nSPS) is 15.8. The van der Waals surface area contributed by atoms with E-state index in [1.54, 1.807) is 21.1 Å². The lowest BCUT2D eigenvalue weighted by molar-refractivity contribution is -0.917. The fourth-order valence-electron chi connectivity index (χ4n) is 3.60. The average molecular weight is 413 g/mol. The summed E-state index contributed by atoms with van der Waals surface area (Å²) in [5.41, 5.74) is 2.04. The Morgan fingerprint density at radius 2 is 1.83 bits per heavy atom. The molecule has 2 aromatic rings. The molecule has 7 heteroatoms. The maximum absolute atomic E-state index is 12.7. The van der Waals surface area contributed by atoms with Crippen LogP contribution >= 0.6 is 0 Å². The number of amides is 1. The quantitative estimate of drug-likeness (QED) is 0.526. The lowest BCUT2D eigenvalue weighted by Crippen LogP contribution is -3.13. The van der Waals surface area contributed by atoms with Gasteiger partial charge in [0.15, 0.2) is 11.5 Å². The van der Waals surface area contributed by atoms with Crippen LogP contribution in [0.3, 0.4) is 0 Å². The zero-order valence-corrected chi connectivity index (χ0v) is 17.8. The summed E-state index contributed by atoms with van der Waals surface area (Å²) in [6.07, 6.45) is 0.890. The molecule has 0 radical (unpaired) electrons. The third-order valence-electron chi connectivity index (χ3n) is 5.27. The number of carbonyl (C=O) groups excluding carboxylic acids is 1. The molecule has 1 fully saturated rings. The third-order valence-corrected chi connectivity index (χ3v) is 5.27. The van der Waals surface area contributed by atoms with Crippen LogP contribution in [0.5, 0.6) is 11.5 Å². The van der Waals surface area contributed by atoms with Gasteiger partial charge in [0.25, 0.3) is 5.91 Å². The van der Waals surface area contributed by atoms with Gasteiger partial charge in [-0.2, -0.15) is 0 Å². The molecule has 0 aromatic heterocycles. The highest BCUT2D eigenvalue weighted by Gasteiger charge is 2.28. The fraction of sp³-hybridized carbons (Fsp3) is 0.391.